The van der Waals surface area contributed by atoms with E-state index in [0.29, 0.717) is 19.5 Å². The minimum atomic E-state index is -3.96. The average Bonchev–Trinajstić information content (AvgIpc) is 2.73. The second kappa shape index (κ2) is 7.85. The fraction of sp³-hybridized carbons (Fsp3) is 0.381. The van der Waals surface area contributed by atoms with Crippen LogP contribution in [0.4, 0.5) is 4.39 Å². The smallest absolute Gasteiger partial charge is 0.244 e. The summed E-state index contributed by atoms with van der Waals surface area (Å²) in [4.78, 5) is 17.2. The molecule has 0 N–H and O–H groups in total. The number of hydrogen-bond donors (Lipinski definition) is 0. The molecule has 0 bridgehead atoms. The first-order chi connectivity index (χ1) is 13.9. The normalized spacial score (nSPS) is 21.0. The molecule has 0 aromatic heterocycles. The van der Waals surface area contributed by atoms with Gasteiger partial charge in [-0.15, -0.1) is 0 Å². The number of amides is 1. The van der Waals surface area contributed by atoms with Gasteiger partial charge in [-0.25, -0.2) is 12.8 Å². The second-order valence-corrected chi connectivity index (χ2v) is 9.51. The minimum Gasteiger partial charge on any atom is -0.339 e. The van der Waals surface area contributed by atoms with Gasteiger partial charge in [-0.2, -0.15) is 4.31 Å². The molecule has 4 rings (SSSR count). The van der Waals surface area contributed by atoms with E-state index in [9.17, 15) is 17.6 Å². The van der Waals surface area contributed by atoms with E-state index in [1.54, 1.807) is 4.90 Å². The van der Waals surface area contributed by atoms with Crippen LogP contribution in [-0.4, -0.2) is 67.7 Å². The maximum absolute atomic E-state index is 13.4. The number of piperazine rings is 1. The lowest BCUT2D eigenvalue weighted by Crippen LogP contribution is -2.57. The van der Waals surface area contributed by atoms with E-state index in [1.807, 2.05) is 31.3 Å². The number of sulfonamides is 1. The quantitative estimate of drug-likeness (QED) is 0.763. The third-order valence-corrected chi connectivity index (χ3v) is 7.59. The van der Waals surface area contributed by atoms with E-state index in [1.165, 1.54) is 16.4 Å². The molecule has 1 atom stereocenters. The van der Waals surface area contributed by atoms with Crippen LogP contribution < -0.4 is 0 Å². The number of halogens is 1. The Bertz CT molecular complexity index is 1000. The van der Waals surface area contributed by atoms with Gasteiger partial charge in [0.05, 0.1) is 4.90 Å². The monoisotopic (exact) mass is 417 g/mol. The van der Waals surface area contributed by atoms with Gasteiger partial charge in [-0.3, -0.25) is 4.79 Å². The van der Waals surface area contributed by atoms with Gasteiger partial charge in [0.2, 0.25) is 15.9 Å². The standard InChI is InChI=1S/C21H24FN3O3S/c1-23-10-12-24(13-11-23)21(26)20-14-16-4-2-3-5-17(16)15-25(20)29(27,28)19-8-6-18(22)7-9-19/h2-9,20H,10-15H2,1H3. The van der Waals surface area contributed by atoms with Crippen LogP contribution >= 0.6 is 0 Å². The van der Waals surface area contributed by atoms with Crippen LogP contribution in [0.25, 0.3) is 0 Å². The molecular formula is C21H24FN3O3S. The van der Waals surface area contributed by atoms with E-state index < -0.39 is 21.9 Å². The predicted octanol–water partition coefficient (Wildman–Crippen LogP) is 1.72. The molecule has 0 saturated carbocycles. The van der Waals surface area contributed by atoms with Gasteiger partial charge in [0.15, 0.2) is 0 Å². The molecule has 2 heterocycles. The van der Waals surface area contributed by atoms with E-state index >= 15 is 0 Å². The Balaban J connectivity index is 1.70. The maximum Gasteiger partial charge on any atom is 0.244 e. The van der Waals surface area contributed by atoms with Gasteiger partial charge in [-0.05, 0) is 48.9 Å². The highest BCUT2D eigenvalue weighted by Crippen LogP contribution is 2.30. The van der Waals surface area contributed by atoms with Crippen molar-refractivity contribution in [3.05, 3.63) is 65.5 Å². The maximum atomic E-state index is 13.4. The summed E-state index contributed by atoms with van der Waals surface area (Å²) >= 11 is 0. The Labute approximate surface area is 170 Å². The van der Waals surface area contributed by atoms with E-state index in [2.05, 4.69) is 4.90 Å². The third kappa shape index (κ3) is 3.92. The number of likely N-dealkylation sites (N-methyl/N-ethyl adjacent to an activating group) is 1. The Morgan fingerprint density at radius 1 is 0.966 bits per heavy atom. The lowest BCUT2D eigenvalue weighted by molar-refractivity contribution is -0.137. The molecule has 1 fully saturated rings. The fourth-order valence-electron chi connectivity index (χ4n) is 3.94. The first kappa shape index (κ1) is 20.0. The summed E-state index contributed by atoms with van der Waals surface area (Å²) in [5, 5.41) is 0. The van der Waals surface area contributed by atoms with Crippen molar-refractivity contribution in [2.45, 2.75) is 23.9 Å². The minimum absolute atomic E-state index is 0.00513. The lowest BCUT2D eigenvalue weighted by atomic mass is 9.95. The molecule has 2 aromatic carbocycles. The van der Waals surface area contributed by atoms with Gasteiger partial charge in [0, 0.05) is 32.7 Å². The molecule has 0 radical (unpaired) electrons. The van der Waals surface area contributed by atoms with Crippen molar-refractivity contribution in [3.8, 4) is 0 Å². The van der Waals surface area contributed by atoms with Gasteiger partial charge in [0.25, 0.3) is 0 Å². The van der Waals surface area contributed by atoms with E-state index in [0.717, 1.165) is 36.3 Å². The second-order valence-electron chi connectivity index (χ2n) is 7.62. The van der Waals surface area contributed by atoms with Crippen molar-refractivity contribution in [1.82, 2.24) is 14.1 Å². The zero-order valence-electron chi connectivity index (χ0n) is 16.3. The SMILES string of the molecule is CN1CCN(C(=O)C2Cc3ccccc3CN2S(=O)(=O)c2ccc(F)cc2)CC1. The van der Waals surface area contributed by atoms with Crippen LogP contribution in [0.3, 0.4) is 0 Å². The molecule has 2 aliphatic heterocycles. The summed E-state index contributed by atoms with van der Waals surface area (Å²) in [6.07, 6.45) is 0.335. The zero-order chi connectivity index (χ0) is 20.6. The Morgan fingerprint density at radius 2 is 1.59 bits per heavy atom. The van der Waals surface area contributed by atoms with Crippen molar-refractivity contribution in [2.24, 2.45) is 0 Å². The van der Waals surface area contributed by atoms with Crippen LogP contribution in [0.2, 0.25) is 0 Å². The summed E-state index contributed by atoms with van der Waals surface area (Å²) in [6.45, 7) is 2.81. The largest absolute Gasteiger partial charge is 0.339 e. The number of nitrogens with zero attached hydrogens (tertiary/aromatic N) is 3. The predicted molar refractivity (Wildman–Crippen MR) is 107 cm³/mol. The van der Waals surface area contributed by atoms with Crippen molar-refractivity contribution in [3.63, 3.8) is 0 Å². The van der Waals surface area contributed by atoms with Crippen molar-refractivity contribution in [2.75, 3.05) is 33.2 Å². The summed E-state index contributed by atoms with van der Waals surface area (Å²) in [5.74, 6) is -0.670. The van der Waals surface area contributed by atoms with E-state index in [4.69, 9.17) is 0 Å². The molecule has 6 nitrogen and oxygen atoms in total. The van der Waals surface area contributed by atoms with Crippen molar-refractivity contribution in [1.29, 1.82) is 0 Å². The molecule has 29 heavy (non-hydrogen) atoms. The number of hydrogen-bond acceptors (Lipinski definition) is 4. The summed E-state index contributed by atoms with van der Waals surface area (Å²) in [7, 11) is -1.95. The highest BCUT2D eigenvalue weighted by atomic mass is 32.2. The number of rotatable bonds is 3. The first-order valence-electron chi connectivity index (χ1n) is 9.68. The molecule has 1 unspecified atom stereocenters. The molecule has 2 aromatic rings. The Morgan fingerprint density at radius 3 is 2.24 bits per heavy atom. The third-order valence-electron chi connectivity index (χ3n) is 5.73. The highest BCUT2D eigenvalue weighted by Gasteiger charge is 2.41. The van der Waals surface area contributed by atoms with Gasteiger partial charge in [-0.1, -0.05) is 24.3 Å². The average molecular weight is 418 g/mol. The molecule has 2 aliphatic rings. The van der Waals surface area contributed by atoms with Crippen molar-refractivity contribution >= 4 is 15.9 Å². The number of carbonyl (C=O) groups excluding carboxylic acids is 1. The van der Waals surface area contributed by atoms with Crippen LogP contribution in [0.15, 0.2) is 53.4 Å². The van der Waals surface area contributed by atoms with Gasteiger partial charge in [0.1, 0.15) is 11.9 Å². The Hall–Kier alpha value is -2.29. The summed E-state index contributed by atoms with van der Waals surface area (Å²) < 4.78 is 41.4. The number of fused-ring (bicyclic) bond motifs is 1. The molecular weight excluding hydrogens is 393 g/mol. The first-order valence-corrected chi connectivity index (χ1v) is 11.1. The highest BCUT2D eigenvalue weighted by molar-refractivity contribution is 7.89. The molecule has 8 heteroatoms. The van der Waals surface area contributed by atoms with Gasteiger partial charge >= 0.3 is 0 Å². The lowest BCUT2D eigenvalue weighted by Gasteiger charge is -2.40. The van der Waals surface area contributed by atoms with Crippen LogP contribution in [0.1, 0.15) is 11.1 Å². The molecule has 154 valence electrons. The topological polar surface area (TPSA) is 60.9 Å². The van der Waals surface area contributed by atoms with Crippen LogP contribution in [0.5, 0.6) is 0 Å². The molecule has 1 amide bonds. The zero-order valence-corrected chi connectivity index (χ0v) is 17.1. The number of benzene rings is 2. The molecule has 0 spiro atoms. The summed E-state index contributed by atoms with van der Waals surface area (Å²) in [5.41, 5.74) is 1.88. The van der Waals surface area contributed by atoms with Gasteiger partial charge < -0.3 is 9.80 Å². The van der Waals surface area contributed by atoms with E-state index in [-0.39, 0.29) is 17.3 Å². The van der Waals surface area contributed by atoms with Crippen molar-refractivity contribution < 1.29 is 17.6 Å². The van der Waals surface area contributed by atoms with Crippen LogP contribution in [-0.2, 0) is 27.8 Å². The molecule has 0 aliphatic carbocycles. The number of carbonyl (C=O) groups is 1. The molecule has 1 saturated heterocycles. The fourth-order valence-corrected chi connectivity index (χ4v) is 5.50. The Kier molecular flexibility index (Phi) is 5.42. The summed E-state index contributed by atoms with van der Waals surface area (Å²) in [6, 6.07) is 11.6. The van der Waals surface area contributed by atoms with Crippen LogP contribution in [0, 0.1) is 5.82 Å².